The number of likely N-dealkylation sites (N-methyl/N-ethyl adjacent to an activating group) is 1. The summed E-state index contributed by atoms with van der Waals surface area (Å²) in [5, 5.41) is 2.84. The Morgan fingerprint density at radius 3 is 2.69 bits per heavy atom. The van der Waals surface area contributed by atoms with Gasteiger partial charge in [-0.15, -0.1) is 0 Å². The Morgan fingerprint density at radius 2 is 2.23 bits per heavy atom. The Kier molecular flexibility index (Phi) is 3.27. The molecule has 0 saturated heterocycles. The molecule has 1 rings (SSSR count). The van der Waals surface area contributed by atoms with Crippen molar-refractivity contribution in [2.75, 3.05) is 26.7 Å². The molecular weight excluding hydrogens is 166 g/mol. The van der Waals surface area contributed by atoms with E-state index in [1.807, 2.05) is 7.05 Å². The van der Waals surface area contributed by atoms with Crippen LogP contribution >= 0.6 is 0 Å². The third-order valence-corrected chi connectivity index (χ3v) is 2.56. The molecule has 13 heavy (non-hydrogen) atoms. The summed E-state index contributed by atoms with van der Waals surface area (Å²) in [4.78, 5) is 13.5. The first-order valence-corrected chi connectivity index (χ1v) is 4.84. The Balaban J connectivity index is 2.09. The molecule has 76 valence electrons. The van der Waals surface area contributed by atoms with Crippen LogP contribution in [-0.2, 0) is 4.79 Å². The van der Waals surface area contributed by atoms with Crippen molar-refractivity contribution < 1.29 is 4.79 Å². The average Bonchev–Trinajstić information content (AvgIpc) is 2.84. The number of carbonyl (C=O) groups is 1. The molecule has 0 unspecified atom stereocenters. The van der Waals surface area contributed by atoms with Crippen LogP contribution in [0.2, 0.25) is 0 Å². The molecule has 1 saturated carbocycles. The van der Waals surface area contributed by atoms with Crippen LogP contribution in [0.15, 0.2) is 0 Å². The van der Waals surface area contributed by atoms with Gasteiger partial charge in [0.15, 0.2) is 0 Å². The van der Waals surface area contributed by atoms with Gasteiger partial charge in [-0.3, -0.25) is 4.79 Å². The number of nitrogens with two attached hydrogens (primary N) is 1. The highest BCUT2D eigenvalue weighted by atomic mass is 16.2. The topological polar surface area (TPSA) is 58.4 Å². The molecule has 1 fully saturated rings. The highest BCUT2D eigenvalue weighted by Crippen LogP contribution is 2.31. The number of nitrogens with zero attached hydrogens (tertiary/aromatic N) is 1. The summed E-state index contributed by atoms with van der Waals surface area (Å²) in [5.74, 6) is 0.0111. The summed E-state index contributed by atoms with van der Waals surface area (Å²) >= 11 is 0. The maximum Gasteiger partial charge on any atom is 0.240 e. The Bertz CT molecular complexity index is 189. The highest BCUT2D eigenvalue weighted by molar-refractivity contribution is 5.88. The monoisotopic (exact) mass is 185 g/mol. The van der Waals surface area contributed by atoms with Crippen molar-refractivity contribution in [2.45, 2.75) is 25.3 Å². The Hall–Kier alpha value is -0.610. The van der Waals surface area contributed by atoms with E-state index in [-0.39, 0.29) is 5.91 Å². The van der Waals surface area contributed by atoms with E-state index >= 15 is 0 Å². The summed E-state index contributed by atoms with van der Waals surface area (Å²) in [6.07, 6.45) is 1.67. The van der Waals surface area contributed by atoms with Gasteiger partial charge in [-0.05, 0) is 26.4 Å². The summed E-state index contributed by atoms with van der Waals surface area (Å²) < 4.78 is 0. The van der Waals surface area contributed by atoms with E-state index in [1.165, 1.54) is 0 Å². The van der Waals surface area contributed by atoms with Crippen molar-refractivity contribution in [1.82, 2.24) is 10.2 Å². The standard InChI is InChI=1S/C9H19N3O/c1-3-12(2)7-6-11-8(13)9(10)4-5-9/h3-7,10H2,1-2H3,(H,11,13). The summed E-state index contributed by atoms with van der Waals surface area (Å²) in [6.45, 7) is 4.68. The lowest BCUT2D eigenvalue weighted by Crippen LogP contribution is -2.44. The van der Waals surface area contributed by atoms with Crippen LogP contribution in [0.1, 0.15) is 19.8 Å². The number of hydrogen-bond donors (Lipinski definition) is 2. The van der Waals surface area contributed by atoms with Gasteiger partial charge in [-0.25, -0.2) is 0 Å². The minimum Gasteiger partial charge on any atom is -0.353 e. The lowest BCUT2D eigenvalue weighted by Gasteiger charge is -2.15. The quantitative estimate of drug-likeness (QED) is 0.609. The fourth-order valence-corrected chi connectivity index (χ4v) is 1.06. The van der Waals surface area contributed by atoms with Gasteiger partial charge < -0.3 is 16.0 Å². The molecule has 0 heterocycles. The fourth-order valence-electron chi connectivity index (χ4n) is 1.06. The normalized spacial score (nSPS) is 18.8. The van der Waals surface area contributed by atoms with Gasteiger partial charge in [0.25, 0.3) is 0 Å². The van der Waals surface area contributed by atoms with Crippen molar-refractivity contribution in [2.24, 2.45) is 5.73 Å². The molecule has 3 N–H and O–H groups in total. The molecule has 0 radical (unpaired) electrons. The molecule has 0 aromatic heterocycles. The SMILES string of the molecule is CCN(C)CCNC(=O)C1(N)CC1. The van der Waals surface area contributed by atoms with Crippen LogP contribution in [0.5, 0.6) is 0 Å². The zero-order valence-corrected chi connectivity index (χ0v) is 8.47. The predicted octanol–water partition coefficient (Wildman–Crippen LogP) is -0.454. The molecule has 4 heteroatoms. The lowest BCUT2D eigenvalue weighted by molar-refractivity contribution is -0.123. The second-order valence-corrected chi connectivity index (χ2v) is 3.81. The number of hydrogen-bond acceptors (Lipinski definition) is 3. The summed E-state index contributed by atoms with van der Waals surface area (Å²) in [5.41, 5.74) is 5.19. The molecule has 1 aliphatic rings. The first-order valence-electron chi connectivity index (χ1n) is 4.84. The van der Waals surface area contributed by atoms with Crippen LogP contribution in [0.3, 0.4) is 0 Å². The van der Waals surface area contributed by atoms with E-state index in [4.69, 9.17) is 5.73 Å². The van der Waals surface area contributed by atoms with Crippen molar-refractivity contribution in [3.8, 4) is 0 Å². The molecule has 4 nitrogen and oxygen atoms in total. The van der Waals surface area contributed by atoms with Gasteiger partial charge in [0, 0.05) is 13.1 Å². The van der Waals surface area contributed by atoms with Crippen molar-refractivity contribution >= 4 is 5.91 Å². The van der Waals surface area contributed by atoms with Crippen molar-refractivity contribution in [1.29, 1.82) is 0 Å². The minimum absolute atomic E-state index is 0.0111. The molecule has 1 amide bonds. The summed E-state index contributed by atoms with van der Waals surface area (Å²) in [6, 6.07) is 0. The minimum atomic E-state index is -0.523. The molecule has 0 spiro atoms. The van der Waals surface area contributed by atoms with Gasteiger partial charge in [-0.2, -0.15) is 0 Å². The van der Waals surface area contributed by atoms with Crippen LogP contribution in [0.25, 0.3) is 0 Å². The zero-order valence-electron chi connectivity index (χ0n) is 8.47. The van der Waals surface area contributed by atoms with Gasteiger partial charge in [0.2, 0.25) is 5.91 Å². The van der Waals surface area contributed by atoms with Crippen LogP contribution in [-0.4, -0.2) is 43.0 Å². The number of carbonyl (C=O) groups excluding carboxylic acids is 1. The van der Waals surface area contributed by atoms with Crippen molar-refractivity contribution in [3.63, 3.8) is 0 Å². The van der Waals surface area contributed by atoms with Crippen LogP contribution < -0.4 is 11.1 Å². The first kappa shape index (κ1) is 10.5. The number of amides is 1. The van der Waals surface area contributed by atoms with Gasteiger partial charge in [0.05, 0.1) is 5.54 Å². The van der Waals surface area contributed by atoms with Gasteiger partial charge in [0.1, 0.15) is 0 Å². The average molecular weight is 185 g/mol. The van der Waals surface area contributed by atoms with E-state index < -0.39 is 5.54 Å². The maximum absolute atomic E-state index is 11.3. The third-order valence-electron chi connectivity index (χ3n) is 2.56. The predicted molar refractivity (Wildman–Crippen MR) is 52.3 cm³/mol. The van der Waals surface area contributed by atoms with E-state index in [0.717, 1.165) is 25.9 Å². The van der Waals surface area contributed by atoms with E-state index in [9.17, 15) is 4.79 Å². The van der Waals surface area contributed by atoms with Crippen molar-refractivity contribution in [3.05, 3.63) is 0 Å². The van der Waals surface area contributed by atoms with Crippen LogP contribution in [0.4, 0.5) is 0 Å². The molecule has 1 aliphatic carbocycles. The smallest absolute Gasteiger partial charge is 0.240 e. The zero-order chi connectivity index (χ0) is 9.90. The van der Waals surface area contributed by atoms with E-state index in [1.54, 1.807) is 0 Å². The molecule has 0 aromatic rings. The first-order chi connectivity index (χ1) is 6.08. The largest absolute Gasteiger partial charge is 0.353 e. The Morgan fingerprint density at radius 1 is 1.62 bits per heavy atom. The van der Waals surface area contributed by atoms with E-state index in [2.05, 4.69) is 17.1 Å². The van der Waals surface area contributed by atoms with Gasteiger partial charge >= 0.3 is 0 Å². The molecule has 0 aromatic carbocycles. The fraction of sp³-hybridized carbons (Fsp3) is 0.889. The second-order valence-electron chi connectivity index (χ2n) is 3.81. The number of rotatable bonds is 5. The molecule has 0 bridgehead atoms. The second kappa shape index (κ2) is 4.07. The van der Waals surface area contributed by atoms with Crippen LogP contribution in [0, 0.1) is 0 Å². The third kappa shape index (κ3) is 2.97. The lowest BCUT2D eigenvalue weighted by atomic mass is 10.3. The Labute approximate surface area is 79.5 Å². The molecule has 0 aliphatic heterocycles. The van der Waals surface area contributed by atoms with Gasteiger partial charge in [-0.1, -0.05) is 6.92 Å². The summed E-state index contributed by atoms with van der Waals surface area (Å²) in [7, 11) is 2.03. The highest BCUT2D eigenvalue weighted by Gasteiger charge is 2.45. The molecular formula is C9H19N3O. The van der Waals surface area contributed by atoms with E-state index in [0.29, 0.717) is 6.54 Å². The molecule has 0 atom stereocenters. The maximum atomic E-state index is 11.3. The number of nitrogens with one attached hydrogen (secondary N) is 1.